The van der Waals surface area contributed by atoms with Gasteiger partial charge in [0.05, 0.1) is 0 Å². The third-order valence-electron chi connectivity index (χ3n) is 4.67. The molecule has 0 N–H and O–H groups in total. The molecule has 0 unspecified atom stereocenters. The van der Waals surface area contributed by atoms with Crippen molar-refractivity contribution in [2.75, 3.05) is 0 Å². The highest BCUT2D eigenvalue weighted by Gasteiger charge is 2.18. The molecular formula is C26H23ClO6. The second-order valence-corrected chi connectivity index (χ2v) is 7.84. The summed E-state index contributed by atoms with van der Waals surface area (Å²) < 4.78 is 16.2. The average Bonchev–Trinajstić information content (AvgIpc) is 2.72. The van der Waals surface area contributed by atoms with Gasteiger partial charge in [0.25, 0.3) is 0 Å². The van der Waals surface area contributed by atoms with Crippen molar-refractivity contribution in [1.82, 2.24) is 0 Å². The molecule has 0 saturated heterocycles. The van der Waals surface area contributed by atoms with Gasteiger partial charge in [-0.3, -0.25) is 14.4 Å². The summed E-state index contributed by atoms with van der Waals surface area (Å²) in [5, 5.41) is 0.450. The molecular weight excluding hydrogens is 444 g/mol. The fourth-order valence-electron chi connectivity index (χ4n) is 3.47. The van der Waals surface area contributed by atoms with Gasteiger partial charge in [-0.25, -0.2) is 0 Å². The maximum absolute atomic E-state index is 11.9. The van der Waals surface area contributed by atoms with Gasteiger partial charge in [0.1, 0.15) is 17.2 Å². The lowest BCUT2D eigenvalue weighted by Gasteiger charge is -2.17. The minimum absolute atomic E-state index is 0.311. The van der Waals surface area contributed by atoms with Crippen LogP contribution < -0.4 is 14.2 Å². The van der Waals surface area contributed by atoms with Crippen LogP contribution in [-0.4, -0.2) is 17.9 Å². The molecule has 0 atom stereocenters. The van der Waals surface area contributed by atoms with Gasteiger partial charge in [0, 0.05) is 49.8 Å². The topological polar surface area (TPSA) is 78.9 Å². The highest BCUT2D eigenvalue weighted by Crippen LogP contribution is 2.35. The van der Waals surface area contributed by atoms with Crippen LogP contribution in [0.25, 0.3) is 0 Å². The maximum Gasteiger partial charge on any atom is 0.308 e. The van der Waals surface area contributed by atoms with Crippen molar-refractivity contribution in [3.05, 3.63) is 87.9 Å². The van der Waals surface area contributed by atoms with Crippen molar-refractivity contribution >= 4 is 29.5 Å². The number of hydrogen-bond donors (Lipinski definition) is 0. The predicted octanol–water partition coefficient (Wildman–Crippen LogP) is 5.30. The molecule has 170 valence electrons. The molecule has 0 amide bonds. The fourth-order valence-corrected chi connectivity index (χ4v) is 3.73. The number of rotatable bonds is 7. The summed E-state index contributed by atoms with van der Waals surface area (Å²) in [7, 11) is 0. The van der Waals surface area contributed by atoms with Crippen LogP contribution in [0, 0.1) is 0 Å². The van der Waals surface area contributed by atoms with E-state index in [2.05, 4.69) is 0 Å². The molecule has 0 radical (unpaired) electrons. The molecule has 0 heterocycles. The van der Waals surface area contributed by atoms with Gasteiger partial charge in [-0.05, 0) is 35.4 Å². The van der Waals surface area contributed by atoms with E-state index in [1.165, 1.54) is 20.8 Å². The molecule has 33 heavy (non-hydrogen) atoms. The zero-order valence-electron chi connectivity index (χ0n) is 18.5. The largest absolute Gasteiger partial charge is 0.426 e. The minimum atomic E-state index is -0.485. The summed E-state index contributed by atoms with van der Waals surface area (Å²) in [5.74, 6) is -0.155. The molecule has 0 aliphatic heterocycles. The minimum Gasteiger partial charge on any atom is -0.426 e. The average molecular weight is 467 g/mol. The van der Waals surface area contributed by atoms with Crippen LogP contribution in [0.15, 0.2) is 60.7 Å². The molecule has 3 aromatic carbocycles. The third kappa shape index (κ3) is 6.67. The molecule has 0 aliphatic carbocycles. The molecule has 3 aromatic rings. The maximum atomic E-state index is 11.9. The smallest absolute Gasteiger partial charge is 0.308 e. The van der Waals surface area contributed by atoms with E-state index in [9.17, 15) is 14.4 Å². The van der Waals surface area contributed by atoms with Crippen molar-refractivity contribution in [3.63, 3.8) is 0 Å². The van der Waals surface area contributed by atoms with Crippen molar-refractivity contribution in [3.8, 4) is 17.2 Å². The first-order valence-corrected chi connectivity index (χ1v) is 10.6. The highest BCUT2D eigenvalue weighted by molar-refractivity contribution is 6.30. The second-order valence-electron chi connectivity index (χ2n) is 7.40. The van der Waals surface area contributed by atoms with Crippen LogP contribution in [-0.2, 0) is 27.2 Å². The number of para-hydroxylation sites is 2. The molecule has 3 rings (SSSR count). The van der Waals surface area contributed by atoms with Crippen molar-refractivity contribution in [2.45, 2.75) is 33.6 Å². The van der Waals surface area contributed by atoms with Crippen molar-refractivity contribution in [2.24, 2.45) is 0 Å². The fraction of sp³-hybridized carbons (Fsp3) is 0.192. The number of carbonyl (C=O) groups is 3. The van der Waals surface area contributed by atoms with E-state index in [0.717, 1.165) is 11.1 Å². The van der Waals surface area contributed by atoms with E-state index in [4.69, 9.17) is 25.8 Å². The molecule has 0 spiro atoms. The Bertz CT molecular complexity index is 1120. The summed E-state index contributed by atoms with van der Waals surface area (Å²) in [6.07, 6.45) is 0.621. The van der Waals surface area contributed by atoms with E-state index in [1.807, 2.05) is 24.3 Å². The number of benzene rings is 3. The molecule has 0 saturated carbocycles. The number of halogens is 1. The molecule has 0 fully saturated rings. The van der Waals surface area contributed by atoms with Gasteiger partial charge in [0.2, 0.25) is 0 Å². The van der Waals surface area contributed by atoms with Crippen molar-refractivity contribution < 1.29 is 28.6 Å². The molecule has 7 heteroatoms. The Morgan fingerprint density at radius 3 is 1.42 bits per heavy atom. The van der Waals surface area contributed by atoms with Crippen LogP contribution in [0.5, 0.6) is 17.2 Å². The number of carbonyl (C=O) groups excluding carboxylic acids is 3. The van der Waals surface area contributed by atoms with Crippen LogP contribution in [0.4, 0.5) is 0 Å². The van der Waals surface area contributed by atoms with Gasteiger partial charge in [-0.1, -0.05) is 48.0 Å². The molecule has 0 aromatic heterocycles. The first-order chi connectivity index (χ1) is 15.7. The Hall–Kier alpha value is -3.64. The van der Waals surface area contributed by atoms with Gasteiger partial charge in [-0.2, -0.15) is 0 Å². The van der Waals surface area contributed by atoms with Gasteiger partial charge in [0.15, 0.2) is 0 Å². The monoisotopic (exact) mass is 466 g/mol. The summed E-state index contributed by atoms with van der Waals surface area (Å²) in [6.45, 7) is 3.99. The van der Waals surface area contributed by atoms with E-state index in [-0.39, 0.29) is 0 Å². The van der Waals surface area contributed by atoms with Gasteiger partial charge in [-0.15, -0.1) is 0 Å². The summed E-state index contributed by atoms with van der Waals surface area (Å²) in [4.78, 5) is 34.9. The summed E-state index contributed by atoms with van der Waals surface area (Å²) in [6, 6.07) is 17.7. The Balaban J connectivity index is 2.07. The first kappa shape index (κ1) is 24.0. The lowest BCUT2D eigenvalue weighted by atomic mass is 9.96. The Labute approximate surface area is 197 Å². The van der Waals surface area contributed by atoms with Crippen LogP contribution in [0.2, 0.25) is 5.02 Å². The zero-order valence-corrected chi connectivity index (χ0v) is 19.3. The summed E-state index contributed by atoms with van der Waals surface area (Å²) >= 11 is 6.43. The number of ether oxygens (including phenoxy) is 3. The summed E-state index contributed by atoms with van der Waals surface area (Å²) in [5.41, 5.74) is 2.76. The van der Waals surface area contributed by atoms with Gasteiger partial charge >= 0.3 is 17.9 Å². The van der Waals surface area contributed by atoms with Crippen LogP contribution in [0.3, 0.4) is 0 Å². The van der Waals surface area contributed by atoms with E-state index >= 15 is 0 Å². The number of hydrogen-bond acceptors (Lipinski definition) is 6. The zero-order chi connectivity index (χ0) is 24.0. The predicted molar refractivity (Wildman–Crippen MR) is 124 cm³/mol. The van der Waals surface area contributed by atoms with E-state index in [0.29, 0.717) is 46.2 Å². The quantitative estimate of drug-likeness (QED) is 0.347. The number of esters is 3. The second kappa shape index (κ2) is 10.8. The van der Waals surface area contributed by atoms with Crippen LogP contribution >= 0.6 is 11.6 Å². The first-order valence-electron chi connectivity index (χ1n) is 10.2. The Morgan fingerprint density at radius 2 is 1.03 bits per heavy atom. The Kier molecular flexibility index (Phi) is 7.85. The molecule has 6 nitrogen and oxygen atoms in total. The lowest BCUT2D eigenvalue weighted by molar-refractivity contribution is -0.132. The van der Waals surface area contributed by atoms with E-state index < -0.39 is 17.9 Å². The highest BCUT2D eigenvalue weighted by atomic mass is 35.5. The van der Waals surface area contributed by atoms with Crippen molar-refractivity contribution in [1.29, 1.82) is 0 Å². The standard InChI is InChI=1S/C26H23ClO6/c1-16(28)31-24-10-6-4-8-19(24)12-21-14-23(27)15-22(26(21)33-18(3)30)13-20-9-5-7-11-25(20)32-17(2)29/h4-11,14-15H,12-13H2,1-3H3. The normalized spacial score (nSPS) is 10.4. The molecule has 0 aliphatic rings. The van der Waals surface area contributed by atoms with Crippen LogP contribution in [0.1, 0.15) is 43.0 Å². The molecule has 0 bridgehead atoms. The van der Waals surface area contributed by atoms with E-state index in [1.54, 1.807) is 36.4 Å². The SMILES string of the molecule is CC(=O)Oc1ccccc1Cc1cc(Cl)cc(Cc2ccccc2OC(C)=O)c1OC(C)=O. The Morgan fingerprint density at radius 1 is 0.636 bits per heavy atom. The lowest BCUT2D eigenvalue weighted by Crippen LogP contribution is -2.10. The van der Waals surface area contributed by atoms with Gasteiger partial charge < -0.3 is 14.2 Å². The third-order valence-corrected chi connectivity index (χ3v) is 4.89.